The molecule has 126 valence electrons. The average molecular weight is 336 g/mol. The van der Waals surface area contributed by atoms with Crippen LogP contribution in [0.2, 0.25) is 0 Å². The fraction of sp³-hybridized carbons (Fsp3) is 0.211. The number of anilines is 1. The lowest BCUT2D eigenvalue weighted by atomic mass is 10.2. The van der Waals surface area contributed by atoms with E-state index in [-0.39, 0.29) is 12.5 Å². The predicted molar refractivity (Wildman–Crippen MR) is 90.3 cm³/mol. The minimum absolute atomic E-state index is 0.112. The van der Waals surface area contributed by atoms with E-state index in [1.54, 1.807) is 53.4 Å². The quantitative estimate of drug-likeness (QED) is 0.619. The SMILES string of the molecule is N#Cc1ccc(OCC(=O)Oc2ccc(N3CCCC3=O)cc2)cc1. The van der Waals surface area contributed by atoms with Crippen molar-refractivity contribution in [1.29, 1.82) is 5.26 Å². The Labute approximate surface area is 145 Å². The van der Waals surface area contributed by atoms with Gasteiger partial charge < -0.3 is 14.4 Å². The van der Waals surface area contributed by atoms with E-state index in [1.807, 2.05) is 6.07 Å². The maximum absolute atomic E-state index is 11.8. The Bertz CT molecular complexity index is 807. The number of ether oxygens (including phenoxy) is 2. The molecule has 0 atom stereocenters. The Kier molecular flexibility index (Phi) is 4.95. The van der Waals surface area contributed by atoms with Gasteiger partial charge in [0.2, 0.25) is 5.91 Å². The van der Waals surface area contributed by atoms with E-state index >= 15 is 0 Å². The Morgan fingerprint density at radius 2 is 1.76 bits per heavy atom. The molecule has 1 aliphatic rings. The van der Waals surface area contributed by atoms with Gasteiger partial charge in [0.25, 0.3) is 0 Å². The van der Waals surface area contributed by atoms with Crippen LogP contribution in [-0.4, -0.2) is 25.0 Å². The highest BCUT2D eigenvalue weighted by Crippen LogP contribution is 2.24. The van der Waals surface area contributed by atoms with Crippen LogP contribution >= 0.6 is 0 Å². The van der Waals surface area contributed by atoms with Gasteiger partial charge in [-0.2, -0.15) is 5.26 Å². The van der Waals surface area contributed by atoms with Crippen molar-refractivity contribution >= 4 is 17.6 Å². The van der Waals surface area contributed by atoms with E-state index in [4.69, 9.17) is 14.7 Å². The molecule has 0 N–H and O–H groups in total. The number of carbonyl (C=O) groups excluding carboxylic acids is 2. The van der Waals surface area contributed by atoms with E-state index in [0.29, 0.717) is 23.5 Å². The first-order valence-corrected chi connectivity index (χ1v) is 7.90. The maximum Gasteiger partial charge on any atom is 0.349 e. The van der Waals surface area contributed by atoms with Gasteiger partial charge in [-0.25, -0.2) is 4.79 Å². The van der Waals surface area contributed by atoms with Crippen LogP contribution in [0.3, 0.4) is 0 Å². The zero-order valence-electron chi connectivity index (χ0n) is 13.5. The predicted octanol–water partition coefficient (Wildman–Crippen LogP) is 2.67. The first-order valence-electron chi connectivity index (χ1n) is 7.90. The van der Waals surface area contributed by atoms with Gasteiger partial charge in [0, 0.05) is 18.7 Å². The lowest BCUT2D eigenvalue weighted by molar-refractivity contribution is -0.136. The molecule has 3 rings (SSSR count). The summed E-state index contributed by atoms with van der Waals surface area (Å²) in [5, 5.41) is 8.73. The molecule has 0 aromatic heterocycles. The molecule has 0 unspecified atom stereocenters. The van der Waals surface area contributed by atoms with E-state index in [1.165, 1.54) is 0 Å². The van der Waals surface area contributed by atoms with Crippen molar-refractivity contribution in [3.05, 3.63) is 54.1 Å². The maximum atomic E-state index is 11.8. The Morgan fingerprint density at radius 1 is 1.08 bits per heavy atom. The number of hydrogen-bond acceptors (Lipinski definition) is 5. The molecule has 2 aromatic rings. The smallest absolute Gasteiger partial charge is 0.349 e. The second kappa shape index (κ2) is 7.49. The zero-order chi connectivity index (χ0) is 17.6. The van der Waals surface area contributed by atoms with Crippen LogP contribution in [0.15, 0.2) is 48.5 Å². The highest BCUT2D eigenvalue weighted by Gasteiger charge is 2.21. The Balaban J connectivity index is 1.52. The molecule has 0 aliphatic carbocycles. The van der Waals surface area contributed by atoms with E-state index in [9.17, 15) is 9.59 Å². The zero-order valence-corrected chi connectivity index (χ0v) is 13.5. The molecule has 1 heterocycles. The monoisotopic (exact) mass is 336 g/mol. The highest BCUT2D eigenvalue weighted by molar-refractivity contribution is 5.95. The summed E-state index contributed by atoms with van der Waals surface area (Å²) in [4.78, 5) is 25.3. The van der Waals surface area contributed by atoms with Gasteiger partial charge in [0.15, 0.2) is 6.61 Å². The summed E-state index contributed by atoms with van der Waals surface area (Å²) in [5.74, 6) is 0.456. The number of rotatable bonds is 5. The van der Waals surface area contributed by atoms with Crippen molar-refractivity contribution in [2.24, 2.45) is 0 Å². The molecule has 0 radical (unpaired) electrons. The summed E-state index contributed by atoms with van der Waals surface area (Å²) in [7, 11) is 0. The molecule has 1 amide bonds. The van der Waals surface area contributed by atoms with E-state index in [0.717, 1.165) is 18.7 Å². The number of esters is 1. The number of benzene rings is 2. The van der Waals surface area contributed by atoms with Crippen LogP contribution in [0.4, 0.5) is 5.69 Å². The van der Waals surface area contributed by atoms with Crippen molar-refractivity contribution in [3.8, 4) is 17.6 Å². The van der Waals surface area contributed by atoms with Gasteiger partial charge in [-0.05, 0) is 55.0 Å². The summed E-state index contributed by atoms with van der Waals surface area (Å²) >= 11 is 0. The Morgan fingerprint density at radius 3 is 2.36 bits per heavy atom. The number of nitrogens with zero attached hydrogens (tertiary/aromatic N) is 2. The third-order valence-corrected chi connectivity index (χ3v) is 3.79. The molecule has 6 nitrogen and oxygen atoms in total. The molecule has 1 saturated heterocycles. The largest absolute Gasteiger partial charge is 0.482 e. The first-order chi connectivity index (χ1) is 12.2. The average Bonchev–Trinajstić information content (AvgIpc) is 3.07. The molecular formula is C19H16N2O4. The first kappa shape index (κ1) is 16.5. The Hall–Kier alpha value is -3.33. The number of carbonyl (C=O) groups is 2. The number of amides is 1. The molecule has 1 aliphatic heterocycles. The second-order valence-electron chi connectivity index (χ2n) is 5.54. The van der Waals surface area contributed by atoms with Gasteiger partial charge >= 0.3 is 5.97 Å². The van der Waals surface area contributed by atoms with Crippen LogP contribution in [0.25, 0.3) is 0 Å². The molecule has 6 heteroatoms. The third-order valence-electron chi connectivity index (χ3n) is 3.79. The second-order valence-corrected chi connectivity index (χ2v) is 5.54. The highest BCUT2D eigenvalue weighted by atomic mass is 16.6. The lowest BCUT2D eigenvalue weighted by Crippen LogP contribution is -2.23. The van der Waals surface area contributed by atoms with Gasteiger partial charge in [0.1, 0.15) is 11.5 Å². The summed E-state index contributed by atoms with van der Waals surface area (Å²) in [6.07, 6.45) is 1.44. The van der Waals surface area contributed by atoms with Crippen LogP contribution in [0.1, 0.15) is 18.4 Å². The minimum Gasteiger partial charge on any atom is -0.482 e. The van der Waals surface area contributed by atoms with Crippen molar-refractivity contribution < 1.29 is 19.1 Å². The van der Waals surface area contributed by atoms with Crippen LogP contribution in [0, 0.1) is 11.3 Å². The molecule has 0 saturated carbocycles. The normalized spacial score (nSPS) is 13.4. The molecule has 25 heavy (non-hydrogen) atoms. The van der Waals surface area contributed by atoms with Gasteiger partial charge in [0.05, 0.1) is 11.6 Å². The van der Waals surface area contributed by atoms with Gasteiger partial charge in [-0.1, -0.05) is 0 Å². The van der Waals surface area contributed by atoms with E-state index in [2.05, 4.69) is 0 Å². The van der Waals surface area contributed by atoms with Crippen molar-refractivity contribution in [2.75, 3.05) is 18.1 Å². The summed E-state index contributed by atoms with van der Waals surface area (Å²) in [5.41, 5.74) is 1.32. The molecule has 0 spiro atoms. The number of nitriles is 1. The van der Waals surface area contributed by atoms with Crippen molar-refractivity contribution in [2.45, 2.75) is 12.8 Å². The fourth-order valence-corrected chi connectivity index (χ4v) is 2.54. The van der Waals surface area contributed by atoms with Crippen LogP contribution in [0.5, 0.6) is 11.5 Å². The topological polar surface area (TPSA) is 79.6 Å². The fourth-order valence-electron chi connectivity index (χ4n) is 2.54. The summed E-state index contributed by atoms with van der Waals surface area (Å²) in [6.45, 7) is 0.481. The van der Waals surface area contributed by atoms with Crippen LogP contribution in [-0.2, 0) is 9.59 Å². The van der Waals surface area contributed by atoms with Gasteiger partial charge in [-0.15, -0.1) is 0 Å². The summed E-state index contributed by atoms with van der Waals surface area (Å²) < 4.78 is 10.5. The molecule has 1 fully saturated rings. The van der Waals surface area contributed by atoms with Gasteiger partial charge in [-0.3, -0.25) is 4.79 Å². The van der Waals surface area contributed by atoms with Crippen molar-refractivity contribution in [1.82, 2.24) is 0 Å². The summed E-state index contributed by atoms with van der Waals surface area (Å²) in [6, 6.07) is 15.3. The lowest BCUT2D eigenvalue weighted by Gasteiger charge is -2.15. The van der Waals surface area contributed by atoms with Crippen LogP contribution < -0.4 is 14.4 Å². The minimum atomic E-state index is -0.533. The third kappa shape index (κ3) is 4.15. The molecule has 0 bridgehead atoms. The van der Waals surface area contributed by atoms with Crippen molar-refractivity contribution in [3.63, 3.8) is 0 Å². The van der Waals surface area contributed by atoms with E-state index < -0.39 is 5.97 Å². The number of hydrogen-bond donors (Lipinski definition) is 0. The molecule has 2 aromatic carbocycles. The standard InChI is InChI=1S/C19H16N2O4/c20-12-14-3-7-16(8-4-14)24-13-19(23)25-17-9-5-15(6-10-17)21-11-1-2-18(21)22/h3-10H,1-2,11,13H2. The molecular weight excluding hydrogens is 320 g/mol.